The first-order valence-corrected chi connectivity index (χ1v) is 11.9. The van der Waals surface area contributed by atoms with Crippen LogP contribution in [0.2, 0.25) is 0 Å². The number of thiazole rings is 1. The Morgan fingerprint density at radius 2 is 1.94 bits per heavy atom. The van der Waals surface area contributed by atoms with E-state index in [-0.39, 0.29) is 24.2 Å². The molecule has 0 aliphatic carbocycles. The highest BCUT2D eigenvalue weighted by Gasteiger charge is 2.39. The predicted octanol–water partition coefficient (Wildman–Crippen LogP) is 4.37. The van der Waals surface area contributed by atoms with Crippen LogP contribution in [0.3, 0.4) is 0 Å². The molecular formula is C25H27N3O3S. The molecule has 0 unspecified atom stereocenters. The Kier molecular flexibility index (Phi) is 5.59. The van der Waals surface area contributed by atoms with Crippen molar-refractivity contribution in [3.05, 3.63) is 53.0 Å². The van der Waals surface area contributed by atoms with Crippen LogP contribution in [-0.2, 0) is 9.59 Å². The third-order valence-corrected chi connectivity index (χ3v) is 7.76. The Hall–Kier alpha value is -2.93. The maximum Gasteiger partial charge on any atom is 0.228 e. The zero-order valence-electron chi connectivity index (χ0n) is 18.4. The molecule has 2 amide bonds. The smallest absolute Gasteiger partial charge is 0.228 e. The number of carbonyl (C=O) groups excluding carboxylic acids is 2. The molecule has 2 fully saturated rings. The lowest BCUT2D eigenvalue weighted by atomic mass is 9.96. The second kappa shape index (κ2) is 8.54. The van der Waals surface area contributed by atoms with Gasteiger partial charge in [0, 0.05) is 32.0 Å². The van der Waals surface area contributed by atoms with Gasteiger partial charge in [0.15, 0.2) is 0 Å². The number of amides is 2. The lowest BCUT2D eigenvalue weighted by molar-refractivity contribution is -0.136. The van der Waals surface area contributed by atoms with Crippen molar-refractivity contribution >= 4 is 39.1 Å². The summed E-state index contributed by atoms with van der Waals surface area (Å²) in [5.74, 6) is 0.835. The highest BCUT2D eigenvalue weighted by molar-refractivity contribution is 7.18. The third-order valence-electron chi connectivity index (χ3n) is 6.57. The summed E-state index contributed by atoms with van der Waals surface area (Å²) >= 11 is 1.76. The Balaban J connectivity index is 1.24. The van der Waals surface area contributed by atoms with Crippen LogP contribution in [0, 0.1) is 12.8 Å². The van der Waals surface area contributed by atoms with Crippen LogP contribution >= 0.6 is 11.3 Å². The maximum absolute atomic E-state index is 13.2. The second-order valence-corrected chi connectivity index (χ2v) is 9.76. The van der Waals surface area contributed by atoms with Gasteiger partial charge in [-0.1, -0.05) is 18.2 Å². The lowest BCUT2D eigenvalue weighted by Crippen LogP contribution is -2.42. The number of piperidine rings is 1. The Bertz CT molecular complexity index is 1130. The van der Waals surface area contributed by atoms with Gasteiger partial charge < -0.3 is 14.5 Å². The fraction of sp³-hybridized carbons (Fsp3) is 0.400. The van der Waals surface area contributed by atoms with Crippen molar-refractivity contribution in [2.45, 2.75) is 32.1 Å². The minimum atomic E-state index is -0.299. The first kappa shape index (κ1) is 20.9. The van der Waals surface area contributed by atoms with Crippen LogP contribution in [0.25, 0.3) is 10.2 Å². The molecule has 32 heavy (non-hydrogen) atoms. The summed E-state index contributed by atoms with van der Waals surface area (Å²) in [7, 11) is 1.60. The number of likely N-dealkylation sites (tertiary alicyclic amines) is 1. The van der Waals surface area contributed by atoms with E-state index in [9.17, 15) is 9.59 Å². The Morgan fingerprint density at radius 3 is 2.69 bits per heavy atom. The van der Waals surface area contributed by atoms with Gasteiger partial charge in [-0.3, -0.25) is 9.59 Å². The van der Waals surface area contributed by atoms with Gasteiger partial charge in [0.25, 0.3) is 0 Å². The standard InChI is InChI=1S/C25H27N3O3S/c1-16-7-8-21(31-2)20(13-16)28-15-18(14-23(28)29)25(30)27-11-9-17(10-12-27)24-26-19-5-3-4-6-22(19)32-24/h3-8,13,17-18H,9-12,14-15H2,1-2H3/t18-/m1/s1. The molecule has 3 heterocycles. The summed E-state index contributed by atoms with van der Waals surface area (Å²) in [5, 5.41) is 1.17. The summed E-state index contributed by atoms with van der Waals surface area (Å²) in [4.78, 5) is 34.5. The van der Waals surface area contributed by atoms with Crippen molar-refractivity contribution in [1.29, 1.82) is 0 Å². The van der Waals surface area contributed by atoms with E-state index >= 15 is 0 Å². The molecule has 2 aromatic carbocycles. The quantitative estimate of drug-likeness (QED) is 0.593. The first-order chi connectivity index (χ1) is 15.5. The number of carbonyl (C=O) groups is 2. The van der Waals surface area contributed by atoms with Gasteiger partial charge in [0.2, 0.25) is 11.8 Å². The number of aromatic nitrogens is 1. The molecule has 0 radical (unpaired) electrons. The SMILES string of the molecule is COc1ccc(C)cc1N1C[C@H](C(=O)N2CCC(c3nc4ccccc4s3)CC2)CC1=O. The Labute approximate surface area is 191 Å². The number of hydrogen-bond acceptors (Lipinski definition) is 5. The monoisotopic (exact) mass is 449 g/mol. The number of methoxy groups -OCH3 is 1. The van der Waals surface area contributed by atoms with E-state index in [0.29, 0.717) is 18.2 Å². The number of fused-ring (bicyclic) bond motifs is 1. The number of para-hydroxylation sites is 1. The Morgan fingerprint density at radius 1 is 1.16 bits per heavy atom. The first-order valence-electron chi connectivity index (χ1n) is 11.1. The minimum absolute atomic E-state index is 0.0170. The minimum Gasteiger partial charge on any atom is -0.495 e. The van der Waals surface area contributed by atoms with E-state index < -0.39 is 0 Å². The highest BCUT2D eigenvalue weighted by Crippen LogP contribution is 2.36. The van der Waals surface area contributed by atoms with Crippen molar-refractivity contribution in [2.75, 3.05) is 31.6 Å². The van der Waals surface area contributed by atoms with E-state index in [1.807, 2.05) is 42.2 Å². The number of rotatable bonds is 4. The van der Waals surface area contributed by atoms with Crippen LogP contribution in [-0.4, -0.2) is 48.4 Å². The van der Waals surface area contributed by atoms with E-state index in [0.717, 1.165) is 42.7 Å². The molecule has 3 aromatic rings. The van der Waals surface area contributed by atoms with Crippen molar-refractivity contribution in [3.8, 4) is 5.75 Å². The van der Waals surface area contributed by atoms with Gasteiger partial charge in [0.05, 0.1) is 33.9 Å². The van der Waals surface area contributed by atoms with Crippen LogP contribution in [0.5, 0.6) is 5.75 Å². The summed E-state index contributed by atoms with van der Waals surface area (Å²) < 4.78 is 6.67. The molecule has 0 N–H and O–H groups in total. The maximum atomic E-state index is 13.2. The van der Waals surface area contributed by atoms with Crippen molar-refractivity contribution in [1.82, 2.24) is 9.88 Å². The molecule has 1 atom stereocenters. The third kappa shape index (κ3) is 3.86. The zero-order chi connectivity index (χ0) is 22.2. The van der Waals surface area contributed by atoms with Crippen LogP contribution < -0.4 is 9.64 Å². The predicted molar refractivity (Wildman–Crippen MR) is 126 cm³/mol. The average molecular weight is 450 g/mol. The van der Waals surface area contributed by atoms with Crippen molar-refractivity contribution < 1.29 is 14.3 Å². The molecule has 166 valence electrons. The highest BCUT2D eigenvalue weighted by atomic mass is 32.1. The van der Waals surface area contributed by atoms with E-state index in [1.54, 1.807) is 23.3 Å². The van der Waals surface area contributed by atoms with Gasteiger partial charge in [0.1, 0.15) is 5.75 Å². The van der Waals surface area contributed by atoms with Crippen LogP contribution in [0.4, 0.5) is 5.69 Å². The van der Waals surface area contributed by atoms with E-state index in [4.69, 9.17) is 9.72 Å². The molecule has 2 saturated heterocycles. The topological polar surface area (TPSA) is 62.7 Å². The van der Waals surface area contributed by atoms with Gasteiger partial charge in [-0.25, -0.2) is 4.98 Å². The largest absolute Gasteiger partial charge is 0.495 e. The summed E-state index contributed by atoms with van der Waals surface area (Å²) in [5.41, 5.74) is 2.87. The van der Waals surface area contributed by atoms with Crippen molar-refractivity contribution in [2.24, 2.45) is 5.92 Å². The van der Waals surface area contributed by atoms with Gasteiger partial charge in [-0.15, -0.1) is 11.3 Å². The average Bonchev–Trinajstić information content (AvgIpc) is 3.42. The van der Waals surface area contributed by atoms with Gasteiger partial charge in [-0.2, -0.15) is 0 Å². The van der Waals surface area contributed by atoms with Crippen LogP contribution in [0.15, 0.2) is 42.5 Å². The number of ether oxygens (including phenoxy) is 1. The molecule has 2 aliphatic heterocycles. The molecule has 7 heteroatoms. The fourth-order valence-electron chi connectivity index (χ4n) is 4.79. The molecule has 1 aromatic heterocycles. The summed E-state index contributed by atoms with van der Waals surface area (Å²) in [6, 6.07) is 14.0. The molecule has 6 nitrogen and oxygen atoms in total. The van der Waals surface area contributed by atoms with Gasteiger partial charge >= 0.3 is 0 Å². The van der Waals surface area contributed by atoms with Crippen LogP contribution in [0.1, 0.15) is 35.8 Å². The molecule has 5 rings (SSSR count). The molecule has 0 saturated carbocycles. The lowest BCUT2D eigenvalue weighted by Gasteiger charge is -2.32. The van der Waals surface area contributed by atoms with E-state index in [1.165, 1.54) is 9.71 Å². The summed E-state index contributed by atoms with van der Waals surface area (Å²) in [6.07, 6.45) is 2.09. The second-order valence-electron chi connectivity index (χ2n) is 8.70. The van der Waals surface area contributed by atoms with Gasteiger partial charge in [-0.05, 0) is 49.6 Å². The number of anilines is 1. The molecule has 0 bridgehead atoms. The number of aryl methyl sites for hydroxylation is 1. The molecular weight excluding hydrogens is 422 g/mol. The number of benzene rings is 2. The fourth-order valence-corrected chi connectivity index (χ4v) is 5.92. The number of hydrogen-bond donors (Lipinski definition) is 0. The van der Waals surface area contributed by atoms with E-state index in [2.05, 4.69) is 12.1 Å². The molecule has 2 aliphatic rings. The van der Waals surface area contributed by atoms with Crippen molar-refractivity contribution in [3.63, 3.8) is 0 Å². The zero-order valence-corrected chi connectivity index (χ0v) is 19.2. The molecule has 0 spiro atoms. The number of nitrogens with zero attached hydrogens (tertiary/aromatic N) is 3. The summed E-state index contributed by atoms with van der Waals surface area (Å²) in [6.45, 7) is 3.84. The normalized spacial score (nSPS) is 19.7.